The lowest BCUT2D eigenvalue weighted by atomic mass is 9.83. The highest BCUT2D eigenvalue weighted by atomic mass is 15.0. The van der Waals surface area contributed by atoms with Gasteiger partial charge in [0.1, 0.15) is 0 Å². The van der Waals surface area contributed by atoms with Gasteiger partial charge in [-0.25, -0.2) is 0 Å². The average molecular weight is 201 g/mol. The zero-order valence-electron chi connectivity index (χ0n) is 9.59. The summed E-state index contributed by atoms with van der Waals surface area (Å²) < 4.78 is 0. The first-order chi connectivity index (χ1) is 7.12. The minimum absolute atomic E-state index is 0.196. The third-order valence-electron chi connectivity index (χ3n) is 3.03. The van der Waals surface area contributed by atoms with Crippen LogP contribution >= 0.6 is 0 Å². The Morgan fingerprint density at radius 3 is 2.93 bits per heavy atom. The monoisotopic (exact) mass is 201 g/mol. The van der Waals surface area contributed by atoms with Crippen LogP contribution in [0.25, 0.3) is 0 Å². The summed E-state index contributed by atoms with van der Waals surface area (Å²) in [5.74, 6) is 0. The van der Waals surface area contributed by atoms with Gasteiger partial charge in [-0.1, -0.05) is 30.3 Å². The van der Waals surface area contributed by atoms with Gasteiger partial charge in [0, 0.05) is 11.6 Å². The first-order valence-electron chi connectivity index (χ1n) is 5.59. The van der Waals surface area contributed by atoms with Crippen LogP contribution in [0.3, 0.4) is 0 Å². The van der Waals surface area contributed by atoms with E-state index in [0.29, 0.717) is 6.04 Å². The molecule has 0 aliphatic carbocycles. The first-order valence-corrected chi connectivity index (χ1v) is 5.59. The van der Waals surface area contributed by atoms with Crippen molar-refractivity contribution in [3.05, 3.63) is 48.0 Å². The predicted molar refractivity (Wildman–Crippen MR) is 64.9 cm³/mol. The molecule has 1 N–H and O–H groups in total. The molecule has 80 valence electrons. The van der Waals surface area contributed by atoms with E-state index in [1.807, 2.05) is 6.08 Å². The number of nitrogens with one attached hydrogen (secondary N) is 1. The smallest absolute Gasteiger partial charge is 0.0362 e. The van der Waals surface area contributed by atoms with Crippen LogP contribution in [0, 0.1) is 0 Å². The molecule has 1 heteroatoms. The number of rotatable bonds is 2. The maximum Gasteiger partial charge on any atom is 0.0362 e. The zero-order valence-corrected chi connectivity index (χ0v) is 9.59. The van der Waals surface area contributed by atoms with Crippen molar-refractivity contribution < 1.29 is 0 Å². The number of fused-ring (bicyclic) bond motifs is 1. The van der Waals surface area contributed by atoms with Crippen LogP contribution in [-0.2, 0) is 6.42 Å². The summed E-state index contributed by atoms with van der Waals surface area (Å²) in [5.41, 5.74) is 3.12. The lowest BCUT2D eigenvalue weighted by Gasteiger charge is -2.38. The van der Waals surface area contributed by atoms with E-state index in [2.05, 4.69) is 50.0 Å². The van der Waals surface area contributed by atoms with Gasteiger partial charge in [-0.15, -0.1) is 6.58 Å². The summed E-state index contributed by atoms with van der Waals surface area (Å²) >= 11 is 0. The van der Waals surface area contributed by atoms with E-state index < -0.39 is 0 Å². The van der Waals surface area contributed by atoms with Crippen LogP contribution in [0.4, 0.5) is 0 Å². The molecule has 0 amide bonds. The van der Waals surface area contributed by atoms with Crippen molar-refractivity contribution in [2.75, 3.05) is 0 Å². The van der Waals surface area contributed by atoms with Gasteiger partial charge in [-0.05, 0) is 37.8 Å². The maximum absolute atomic E-state index is 3.84. The Kier molecular flexibility index (Phi) is 2.66. The second-order valence-corrected chi connectivity index (χ2v) is 4.98. The average Bonchev–Trinajstić information content (AvgIpc) is 2.16. The van der Waals surface area contributed by atoms with Crippen molar-refractivity contribution in [3.8, 4) is 0 Å². The van der Waals surface area contributed by atoms with Gasteiger partial charge in [-0.2, -0.15) is 0 Å². The standard InChI is InChI=1S/C14H19N/c1-4-7-13-12-9-6-5-8-11(12)10-14(2,3)15-13/h4-6,8-9,13,15H,1,7,10H2,2-3H3/t13-/m1/s1. The van der Waals surface area contributed by atoms with Gasteiger partial charge in [0.25, 0.3) is 0 Å². The quantitative estimate of drug-likeness (QED) is 0.724. The Labute approximate surface area is 92.2 Å². The minimum Gasteiger partial charge on any atom is -0.304 e. The van der Waals surface area contributed by atoms with Gasteiger partial charge in [0.15, 0.2) is 0 Å². The summed E-state index contributed by atoms with van der Waals surface area (Å²) in [7, 11) is 0. The largest absolute Gasteiger partial charge is 0.304 e. The first kappa shape index (κ1) is 10.4. The molecule has 1 nitrogen and oxygen atoms in total. The minimum atomic E-state index is 0.196. The van der Waals surface area contributed by atoms with E-state index in [1.54, 1.807) is 0 Å². The van der Waals surface area contributed by atoms with Crippen molar-refractivity contribution in [1.82, 2.24) is 5.32 Å². The molecule has 0 aromatic heterocycles. The second kappa shape index (κ2) is 3.82. The van der Waals surface area contributed by atoms with Gasteiger partial charge in [0.05, 0.1) is 0 Å². The Morgan fingerprint density at radius 2 is 2.20 bits per heavy atom. The molecule has 1 aromatic rings. The summed E-state index contributed by atoms with van der Waals surface area (Å²) in [6.07, 6.45) is 4.10. The number of hydrogen-bond donors (Lipinski definition) is 1. The molecule has 1 atom stereocenters. The lowest BCUT2D eigenvalue weighted by molar-refractivity contribution is 0.310. The Morgan fingerprint density at radius 1 is 1.47 bits per heavy atom. The van der Waals surface area contributed by atoms with Gasteiger partial charge < -0.3 is 5.32 Å². The van der Waals surface area contributed by atoms with Crippen molar-refractivity contribution >= 4 is 0 Å². The van der Waals surface area contributed by atoms with Crippen LogP contribution in [0.2, 0.25) is 0 Å². The normalized spacial score (nSPS) is 23.2. The molecule has 0 radical (unpaired) electrons. The summed E-state index contributed by atoms with van der Waals surface area (Å²) in [6, 6.07) is 9.15. The molecule has 0 bridgehead atoms. The second-order valence-electron chi connectivity index (χ2n) is 4.98. The van der Waals surface area contributed by atoms with E-state index in [1.165, 1.54) is 11.1 Å². The zero-order chi connectivity index (χ0) is 10.9. The van der Waals surface area contributed by atoms with Crippen molar-refractivity contribution in [2.24, 2.45) is 0 Å². The van der Waals surface area contributed by atoms with Crippen molar-refractivity contribution in [1.29, 1.82) is 0 Å². The van der Waals surface area contributed by atoms with Crippen LogP contribution in [0.1, 0.15) is 37.4 Å². The Bertz CT molecular complexity index is 365. The van der Waals surface area contributed by atoms with E-state index in [0.717, 1.165) is 12.8 Å². The summed E-state index contributed by atoms with van der Waals surface area (Å²) in [6.45, 7) is 8.36. The molecular weight excluding hydrogens is 182 g/mol. The molecule has 0 unspecified atom stereocenters. The molecule has 1 aromatic carbocycles. The fourth-order valence-electron chi connectivity index (χ4n) is 2.46. The van der Waals surface area contributed by atoms with Gasteiger partial charge in [0.2, 0.25) is 0 Å². The molecular formula is C14H19N. The van der Waals surface area contributed by atoms with Crippen LogP contribution in [-0.4, -0.2) is 5.54 Å². The van der Waals surface area contributed by atoms with Crippen LogP contribution < -0.4 is 5.32 Å². The van der Waals surface area contributed by atoms with Crippen LogP contribution in [0.15, 0.2) is 36.9 Å². The molecule has 1 heterocycles. The highest BCUT2D eigenvalue weighted by molar-refractivity contribution is 5.34. The van der Waals surface area contributed by atoms with Gasteiger partial charge >= 0.3 is 0 Å². The topological polar surface area (TPSA) is 12.0 Å². The van der Waals surface area contributed by atoms with E-state index in [-0.39, 0.29) is 5.54 Å². The van der Waals surface area contributed by atoms with Gasteiger partial charge in [-0.3, -0.25) is 0 Å². The highest BCUT2D eigenvalue weighted by Gasteiger charge is 2.29. The fraction of sp³-hybridized carbons (Fsp3) is 0.429. The molecule has 1 aliphatic heterocycles. The van der Waals surface area contributed by atoms with E-state index in [4.69, 9.17) is 0 Å². The molecule has 1 aliphatic rings. The molecule has 0 saturated heterocycles. The summed E-state index contributed by atoms with van der Waals surface area (Å²) in [4.78, 5) is 0. The number of benzene rings is 1. The third-order valence-corrected chi connectivity index (χ3v) is 3.03. The molecule has 0 spiro atoms. The number of hydrogen-bond acceptors (Lipinski definition) is 1. The molecule has 15 heavy (non-hydrogen) atoms. The van der Waals surface area contributed by atoms with E-state index in [9.17, 15) is 0 Å². The molecule has 0 saturated carbocycles. The molecule has 0 fully saturated rings. The Hall–Kier alpha value is -1.08. The molecule has 2 rings (SSSR count). The van der Waals surface area contributed by atoms with E-state index >= 15 is 0 Å². The Balaban J connectivity index is 2.38. The SMILES string of the molecule is C=CC[C@H]1NC(C)(C)Cc2ccccc21. The van der Waals surface area contributed by atoms with Crippen molar-refractivity contribution in [3.63, 3.8) is 0 Å². The fourth-order valence-corrected chi connectivity index (χ4v) is 2.46. The lowest BCUT2D eigenvalue weighted by Crippen LogP contribution is -2.47. The highest BCUT2D eigenvalue weighted by Crippen LogP contribution is 2.31. The van der Waals surface area contributed by atoms with Crippen LogP contribution in [0.5, 0.6) is 0 Å². The third kappa shape index (κ3) is 2.13. The maximum atomic E-state index is 3.84. The predicted octanol–water partition coefficient (Wildman–Crippen LogP) is 3.23. The van der Waals surface area contributed by atoms with Crippen molar-refractivity contribution in [2.45, 2.75) is 38.3 Å². The summed E-state index contributed by atoms with van der Waals surface area (Å²) in [5, 5.41) is 3.68.